The maximum atomic E-state index is 12.3. The average Bonchev–Trinajstić information content (AvgIpc) is 2.79. The maximum absolute atomic E-state index is 12.3. The Morgan fingerprint density at radius 2 is 1.96 bits per heavy atom. The van der Waals surface area contributed by atoms with Crippen molar-refractivity contribution in [3.63, 3.8) is 0 Å². The summed E-state index contributed by atoms with van der Waals surface area (Å²) in [6, 6.07) is 7.64. The number of carbonyl (C=O) groups excluding carboxylic acids is 2. The Hall–Kier alpha value is -1.59. The number of rotatable bonds is 5. The molecule has 128 valence electrons. The van der Waals surface area contributed by atoms with E-state index in [9.17, 15) is 9.59 Å². The number of hydrogen-bond donors (Lipinski definition) is 2. The molecular formula is C17H26ClN3O2. The summed E-state index contributed by atoms with van der Waals surface area (Å²) >= 11 is 0. The second-order valence-electron chi connectivity index (χ2n) is 6.77. The lowest BCUT2D eigenvalue weighted by molar-refractivity contribution is -0.135. The van der Waals surface area contributed by atoms with E-state index in [-0.39, 0.29) is 24.2 Å². The molecule has 1 heterocycles. The van der Waals surface area contributed by atoms with Gasteiger partial charge in [-0.25, -0.2) is 0 Å². The van der Waals surface area contributed by atoms with Gasteiger partial charge in [-0.05, 0) is 32.8 Å². The highest BCUT2D eigenvalue weighted by molar-refractivity contribution is 5.90. The molecule has 0 aromatic heterocycles. The van der Waals surface area contributed by atoms with Crippen molar-refractivity contribution in [3.05, 3.63) is 35.4 Å². The van der Waals surface area contributed by atoms with Crippen LogP contribution in [-0.2, 0) is 16.1 Å². The monoisotopic (exact) mass is 339 g/mol. The molecule has 0 radical (unpaired) electrons. The third-order valence-electron chi connectivity index (χ3n) is 3.82. The Labute approximate surface area is 144 Å². The number of hydrogen-bond acceptors (Lipinski definition) is 3. The number of aryl methyl sites for hydroxylation is 1. The van der Waals surface area contributed by atoms with Crippen LogP contribution in [-0.4, -0.2) is 34.8 Å². The Bertz CT molecular complexity index is 552. The first-order chi connectivity index (χ1) is 10.3. The lowest BCUT2D eigenvalue weighted by Gasteiger charge is -2.26. The number of carbonyl (C=O) groups is 2. The molecule has 1 atom stereocenters. The van der Waals surface area contributed by atoms with E-state index in [2.05, 4.69) is 5.32 Å². The van der Waals surface area contributed by atoms with Gasteiger partial charge in [-0.15, -0.1) is 12.4 Å². The summed E-state index contributed by atoms with van der Waals surface area (Å²) in [5.41, 5.74) is 7.65. The zero-order chi connectivity index (χ0) is 16.3. The zero-order valence-electron chi connectivity index (χ0n) is 14.0. The zero-order valence-corrected chi connectivity index (χ0v) is 14.8. The fourth-order valence-corrected chi connectivity index (χ4v) is 2.53. The van der Waals surface area contributed by atoms with Gasteiger partial charge >= 0.3 is 0 Å². The third kappa shape index (κ3) is 5.52. The first kappa shape index (κ1) is 19.5. The van der Waals surface area contributed by atoms with Crippen molar-refractivity contribution >= 4 is 24.2 Å². The minimum Gasteiger partial charge on any atom is -0.352 e. The molecule has 1 aromatic carbocycles. The standard InChI is InChI=1S/C17H25N3O2.ClH/c1-12-4-6-13(7-5-12)10-20-14(8-9-15(20)21)16(22)19-11-17(2,3)18;/h4-7,14H,8-11,18H2,1-3H3,(H,19,22);1H. The van der Waals surface area contributed by atoms with Crippen molar-refractivity contribution < 1.29 is 9.59 Å². The summed E-state index contributed by atoms with van der Waals surface area (Å²) in [4.78, 5) is 26.1. The fourth-order valence-electron chi connectivity index (χ4n) is 2.53. The van der Waals surface area contributed by atoms with Gasteiger partial charge in [-0.2, -0.15) is 0 Å². The molecule has 2 amide bonds. The summed E-state index contributed by atoms with van der Waals surface area (Å²) in [7, 11) is 0. The van der Waals surface area contributed by atoms with E-state index >= 15 is 0 Å². The number of halogens is 1. The second kappa shape index (κ2) is 7.79. The number of amides is 2. The molecule has 1 aliphatic rings. The molecule has 0 aliphatic carbocycles. The van der Waals surface area contributed by atoms with Gasteiger partial charge in [0.2, 0.25) is 11.8 Å². The quantitative estimate of drug-likeness (QED) is 0.858. The van der Waals surface area contributed by atoms with Crippen molar-refractivity contribution in [2.75, 3.05) is 6.54 Å². The Balaban J connectivity index is 0.00000264. The smallest absolute Gasteiger partial charge is 0.242 e. The molecular weight excluding hydrogens is 314 g/mol. The van der Waals surface area contributed by atoms with Crippen LogP contribution in [0, 0.1) is 6.92 Å². The lowest BCUT2D eigenvalue weighted by atomic mass is 10.1. The van der Waals surface area contributed by atoms with Crippen molar-refractivity contribution in [2.24, 2.45) is 5.73 Å². The van der Waals surface area contributed by atoms with Crippen LogP contribution in [0.5, 0.6) is 0 Å². The molecule has 1 unspecified atom stereocenters. The first-order valence-corrected chi connectivity index (χ1v) is 7.68. The lowest BCUT2D eigenvalue weighted by Crippen LogP contribution is -2.50. The summed E-state index contributed by atoms with van der Waals surface area (Å²) in [6.45, 7) is 6.61. The average molecular weight is 340 g/mol. The van der Waals surface area contributed by atoms with Crippen molar-refractivity contribution in [3.8, 4) is 0 Å². The third-order valence-corrected chi connectivity index (χ3v) is 3.82. The van der Waals surface area contributed by atoms with E-state index in [4.69, 9.17) is 5.73 Å². The molecule has 0 bridgehead atoms. The van der Waals surface area contributed by atoms with Crippen LogP contribution >= 0.6 is 12.4 Å². The molecule has 1 aromatic rings. The van der Waals surface area contributed by atoms with Crippen LogP contribution in [0.2, 0.25) is 0 Å². The molecule has 23 heavy (non-hydrogen) atoms. The van der Waals surface area contributed by atoms with Gasteiger partial charge in [0, 0.05) is 25.0 Å². The van der Waals surface area contributed by atoms with E-state index in [1.807, 2.05) is 45.0 Å². The van der Waals surface area contributed by atoms with E-state index < -0.39 is 11.6 Å². The normalized spacial score (nSPS) is 17.8. The van der Waals surface area contributed by atoms with Gasteiger partial charge in [0.1, 0.15) is 6.04 Å². The molecule has 2 rings (SSSR count). The molecule has 1 saturated heterocycles. The predicted octanol–water partition coefficient (Wildman–Crippen LogP) is 1.76. The van der Waals surface area contributed by atoms with E-state index in [1.165, 1.54) is 5.56 Å². The number of nitrogens with two attached hydrogens (primary N) is 1. The van der Waals surface area contributed by atoms with Crippen molar-refractivity contribution in [1.82, 2.24) is 10.2 Å². The van der Waals surface area contributed by atoms with Gasteiger partial charge < -0.3 is 16.0 Å². The molecule has 1 aliphatic heterocycles. The summed E-state index contributed by atoms with van der Waals surface area (Å²) in [5, 5.41) is 2.85. The second-order valence-corrected chi connectivity index (χ2v) is 6.77. The van der Waals surface area contributed by atoms with Crippen LogP contribution in [0.25, 0.3) is 0 Å². The maximum Gasteiger partial charge on any atom is 0.242 e. The Morgan fingerprint density at radius 3 is 2.52 bits per heavy atom. The van der Waals surface area contributed by atoms with Crippen LogP contribution in [0.4, 0.5) is 0 Å². The van der Waals surface area contributed by atoms with Crippen LogP contribution in [0.1, 0.15) is 37.8 Å². The van der Waals surface area contributed by atoms with Gasteiger partial charge in [-0.1, -0.05) is 29.8 Å². The van der Waals surface area contributed by atoms with Crippen molar-refractivity contribution in [2.45, 2.75) is 51.7 Å². The van der Waals surface area contributed by atoms with Gasteiger partial charge in [0.15, 0.2) is 0 Å². The molecule has 6 heteroatoms. The minimum absolute atomic E-state index is 0. The first-order valence-electron chi connectivity index (χ1n) is 7.68. The summed E-state index contributed by atoms with van der Waals surface area (Å²) in [6.07, 6.45) is 0.998. The number of likely N-dealkylation sites (tertiary alicyclic amines) is 1. The van der Waals surface area contributed by atoms with Crippen LogP contribution in [0.15, 0.2) is 24.3 Å². The highest BCUT2D eigenvalue weighted by Gasteiger charge is 2.36. The van der Waals surface area contributed by atoms with E-state index in [1.54, 1.807) is 4.90 Å². The highest BCUT2D eigenvalue weighted by Crippen LogP contribution is 2.22. The Morgan fingerprint density at radius 1 is 1.35 bits per heavy atom. The van der Waals surface area contributed by atoms with Crippen LogP contribution < -0.4 is 11.1 Å². The largest absolute Gasteiger partial charge is 0.352 e. The van der Waals surface area contributed by atoms with Gasteiger partial charge in [-0.3, -0.25) is 9.59 Å². The Kier molecular flexibility index (Phi) is 6.59. The van der Waals surface area contributed by atoms with Crippen molar-refractivity contribution in [1.29, 1.82) is 0 Å². The number of nitrogens with one attached hydrogen (secondary N) is 1. The van der Waals surface area contributed by atoms with Gasteiger partial charge in [0.05, 0.1) is 0 Å². The van der Waals surface area contributed by atoms with Gasteiger partial charge in [0.25, 0.3) is 0 Å². The predicted molar refractivity (Wildman–Crippen MR) is 93.3 cm³/mol. The molecule has 3 N–H and O–H groups in total. The molecule has 1 fully saturated rings. The summed E-state index contributed by atoms with van der Waals surface area (Å²) in [5.74, 6) is -0.0794. The number of nitrogens with zero attached hydrogens (tertiary/aromatic N) is 1. The highest BCUT2D eigenvalue weighted by atomic mass is 35.5. The molecule has 5 nitrogen and oxygen atoms in total. The van der Waals surface area contributed by atoms with E-state index in [0.29, 0.717) is 25.9 Å². The molecule has 0 spiro atoms. The molecule has 0 saturated carbocycles. The fraction of sp³-hybridized carbons (Fsp3) is 0.529. The van der Waals surface area contributed by atoms with E-state index in [0.717, 1.165) is 5.56 Å². The van der Waals surface area contributed by atoms with Crippen LogP contribution in [0.3, 0.4) is 0 Å². The SMILES string of the molecule is Cc1ccc(CN2C(=O)CCC2C(=O)NCC(C)(C)N)cc1.Cl. The summed E-state index contributed by atoms with van der Waals surface area (Å²) < 4.78 is 0. The number of benzene rings is 1. The topological polar surface area (TPSA) is 75.4 Å². The minimum atomic E-state index is -0.458.